The minimum Gasteiger partial charge on any atom is -0.335 e. The summed E-state index contributed by atoms with van der Waals surface area (Å²) >= 11 is 1.65. The Morgan fingerprint density at radius 1 is 1.05 bits per heavy atom. The van der Waals surface area contributed by atoms with Gasteiger partial charge in [0.2, 0.25) is 0 Å². The fourth-order valence-corrected chi connectivity index (χ4v) is 3.97. The highest BCUT2D eigenvalue weighted by molar-refractivity contribution is 8.14. The third kappa shape index (κ3) is 2.91. The van der Waals surface area contributed by atoms with Gasteiger partial charge in [-0.1, -0.05) is 31.0 Å². The highest BCUT2D eigenvalue weighted by atomic mass is 32.2. The molecule has 5 heteroatoms. The van der Waals surface area contributed by atoms with Gasteiger partial charge in [-0.15, -0.1) is 0 Å². The van der Waals surface area contributed by atoms with E-state index in [1.54, 1.807) is 11.8 Å². The maximum atomic E-state index is 13.1. The fraction of sp³-hybridized carbons (Fsp3) is 0.500. The molecule has 2 aliphatic rings. The van der Waals surface area contributed by atoms with Crippen LogP contribution >= 0.6 is 11.8 Å². The molecule has 102 valence electrons. The Labute approximate surface area is 115 Å². The van der Waals surface area contributed by atoms with Crippen LogP contribution in [0.25, 0.3) is 0 Å². The van der Waals surface area contributed by atoms with Crippen molar-refractivity contribution in [2.24, 2.45) is 4.99 Å². The van der Waals surface area contributed by atoms with Crippen molar-refractivity contribution in [3.8, 4) is 0 Å². The first-order chi connectivity index (χ1) is 9.15. The zero-order chi connectivity index (χ0) is 13.3. The average Bonchev–Trinajstić information content (AvgIpc) is 2.71. The smallest absolute Gasteiger partial charge is 0.161 e. The molecule has 0 radical (unpaired) electrons. The Hall–Kier alpha value is -1.10. The fourth-order valence-electron chi connectivity index (χ4n) is 2.76. The number of aliphatic imine (C=N–C) groups is 1. The van der Waals surface area contributed by atoms with Crippen LogP contribution in [0, 0.1) is 11.6 Å². The monoisotopic (exact) mass is 282 g/mol. The summed E-state index contributed by atoms with van der Waals surface area (Å²) in [5, 5.41) is 3.81. The predicted octanol–water partition coefficient (Wildman–Crippen LogP) is 4.18. The summed E-state index contributed by atoms with van der Waals surface area (Å²) < 4.78 is 26.2. The third-order valence-electron chi connectivity index (χ3n) is 3.71. The molecule has 1 heterocycles. The Kier molecular flexibility index (Phi) is 3.48. The largest absolute Gasteiger partial charge is 0.335 e. The second-order valence-electron chi connectivity index (χ2n) is 5.27. The van der Waals surface area contributed by atoms with Crippen molar-refractivity contribution < 1.29 is 8.78 Å². The topological polar surface area (TPSA) is 24.4 Å². The number of rotatable bonds is 1. The second kappa shape index (κ2) is 5.12. The molecule has 1 spiro atoms. The molecule has 0 saturated heterocycles. The number of nitrogens with one attached hydrogen (secondary N) is 1. The molecule has 19 heavy (non-hydrogen) atoms. The molecular formula is C14H16F2N2S. The van der Waals surface area contributed by atoms with E-state index in [0.717, 1.165) is 29.8 Å². The van der Waals surface area contributed by atoms with Crippen molar-refractivity contribution >= 4 is 22.6 Å². The first-order valence-electron chi connectivity index (χ1n) is 6.61. The molecule has 1 aliphatic carbocycles. The molecule has 0 aromatic heterocycles. The van der Waals surface area contributed by atoms with Crippen molar-refractivity contribution in [3.63, 3.8) is 0 Å². The number of anilines is 1. The van der Waals surface area contributed by atoms with E-state index in [1.807, 2.05) is 0 Å². The van der Waals surface area contributed by atoms with E-state index in [-0.39, 0.29) is 5.54 Å². The zero-order valence-corrected chi connectivity index (χ0v) is 11.4. The number of hydrogen-bond acceptors (Lipinski definition) is 3. The van der Waals surface area contributed by atoms with E-state index in [4.69, 9.17) is 4.99 Å². The molecular weight excluding hydrogens is 266 g/mol. The van der Waals surface area contributed by atoms with Crippen LogP contribution < -0.4 is 5.32 Å². The summed E-state index contributed by atoms with van der Waals surface area (Å²) in [6.45, 7) is 0. The maximum absolute atomic E-state index is 13.1. The first-order valence-corrected chi connectivity index (χ1v) is 7.60. The van der Waals surface area contributed by atoms with Gasteiger partial charge in [-0.2, -0.15) is 0 Å². The van der Waals surface area contributed by atoms with Gasteiger partial charge >= 0.3 is 0 Å². The number of hydrogen-bond donors (Lipinski definition) is 1. The van der Waals surface area contributed by atoms with Gasteiger partial charge in [-0.05, 0) is 25.0 Å². The van der Waals surface area contributed by atoms with Gasteiger partial charge in [0.1, 0.15) is 11.6 Å². The van der Waals surface area contributed by atoms with Crippen LogP contribution in [-0.2, 0) is 0 Å². The van der Waals surface area contributed by atoms with E-state index in [9.17, 15) is 8.78 Å². The number of amidine groups is 1. The molecule has 1 saturated carbocycles. The van der Waals surface area contributed by atoms with Gasteiger partial charge in [0.15, 0.2) is 5.17 Å². The zero-order valence-electron chi connectivity index (χ0n) is 10.6. The van der Waals surface area contributed by atoms with Gasteiger partial charge in [0, 0.05) is 17.5 Å². The van der Waals surface area contributed by atoms with Crippen LogP contribution in [0.5, 0.6) is 0 Å². The molecule has 0 amide bonds. The van der Waals surface area contributed by atoms with Crippen LogP contribution in [0.15, 0.2) is 23.2 Å². The minimum absolute atomic E-state index is 0.0666. The van der Waals surface area contributed by atoms with Crippen molar-refractivity contribution in [3.05, 3.63) is 29.8 Å². The molecule has 1 aromatic rings. The van der Waals surface area contributed by atoms with Gasteiger partial charge in [0.25, 0.3) is 0 Å². The van der Waals surface area contributed by atoms with Gasteiger partial charge in [-0.3, -0.25) is 4.99 Å². The van der Waals surface area contributed by atoms with E-state index in [1.165, 1.54) is 31.4 Å². The lowest BCUT2D eigenvalue weighted by molar-refractivity contribution is 0.335. The second-order valence-corrected chi connectivity index (χ2v) is 6.24. The molecule has 3 rings (SSSR count). The normalized spacial score (nSPS) is 21.5. The Morgan fingerprint density at radius 3 is 2.42 bits per heavy atom. The quantitative estimate of drug-likeness (QED) is 0.835. The highest BCUT2D eigenvalue weighted by Gasteiger charge is 2.36. The molecule has 2 nitrogen and oxygen atoms in total. The average molecular weight is 282 g/mol. The lowest BCUT2D eigenvalue weighted by atomic mass is 9.84. The molecule has 1 aliphatic heterocycles. The van der Waals surface area contributed by atoms with Crippen molar-refractivity contribution in [1.82, 2.24) is 0 Å². The van der Waals surface area contributed by atoms with Crippen LogP contribution in [0.1, 0.15) is 32.1 Å². The van der Waals surface area contributed by atoms with Gasteiger partial charge in [0.05, 0.1) is 5.54 Å². The van der Waals surface area contributed by atoms with Crippen LogP contribution in [-0.4, -0.2) is 16.5 Å². The third-order valence-corrected chi connectivity index (χ3v) is 4.86. The minimum atomic E-state index is -0.571. The van der Waals surface area contributed by atoms with E-state index >= 15 is 0 Å². The molecule has 1 N–H and O–H groups in total. The van der Waals surface area contributed by atoms with Crippen LogP contribution in [0.2, 0.25) is 0 Å². The molecule has 0 bridgehead atoms. The van der Waals surface area contributed by atoms with Gasteiger partial charge in [-0.25, -0.2) is 8.78 Å². The predicted molar refractivity (Wildman–Crippen MR) is 75.7 cm³/mol. The molecule has 1 fully saturated rings. The highest BCUT2D eigenvalue weighted by Crippen LogP contribution is 2.39. The summed E-state index contributed by atoms with van der Waals surface area (Å²) in [6.07, 6.45) is 6.00. The first kappa shape index (κ1) is 12.9. The standard InChI is InChI=1S/C14H16F2N2S/c15-10-6-11(16)8-12(7-10)17-13-18-14(9-19-13)4-2-1-3-5-14/h6-8H,1-5,9H2,(H,17,18). The summed E-state index contributed by atoms with van der Waals surface area (Å²) in [5.41, 5.74) is 0.494. The number of benzene rings is 1. The van der Waals surface area contributed by atoms with Crippen molar-refractivity contribution in [2.45, 2.75) is 37.6 Å². The molecule has 0 atom stereocenters. The molecule has 0 unspecified atom stereocenters. The summed E-state index contributed by atoms with van der Waals surface area (Å²) in [5.74, 6) is -0.162. The van der Waals surface area contributed by atoms with E-state index < -0.39 is 11.6 Å². The number of halogens is 2. The van der Waals surface area contributed by atoms with Crippen LogP contribution in [0.3, 0.4) is 0 Å². The SMILES string of the molecule is Fc1cc(F)cc(NC2=NC3(CCCCC3)CS2)c1. The Bertz CT molecular complexity index is 490. The maximum Gasteiger partial charge on any atom is 0.161 e. The van der Waals surface area contributed by atoms with E-state index in [2.05, 4.69) is 5.32 Å². The number of nitrogens with zero attached hydrogens (tertiary/aromatic N) is 1. The summed E-state index contributed by atoms with van der Waals surface area (Å²) in [6, 6.07) is 3.45. The summed E-state index contributed by atoms with van der Waals surface area (Å²) in [7, 11) is 0. The molecule has 1 aromatic carbocycles. The van der Waals surface area contributed by atoms with Crippen LogP contribution in [0.4, 0.5) is 14.5 Å². The van der Waals surface area contributed by atoms with Crippen molar-refractivity contribution in [1.29, 1.82) is 0 Å². The Morgan fingerprint density at radius 2 is 1.74 bits per heavy atom. The van der Waals surface area contributed by atoms with Gasteiger partial charge < -0.3 is 5.32 Å². The van der Waals surface area contributed by atoms with E-state index in [0.29, 0.717) is 5.69 Å². The Balaban J connectivity index is 1.75. The lowest BCUT2D eigenvalue weighted by Gasteiger charge is -2.29. The van der Waals surface area contributed by atoms with Crippen molar-refractivity contribution in [2.75, 3.05) is 11.1 Å². The summed E-state index contributed by atoms with van der Waals surface area (Å²) in [4.78, 5) is 4.76. The number of thioether (sulfide) groups is 1. The lowest BCUT2D eigenvalue weighted by Crippen LogP contribution is -2.29.